The second-order valence-corrected chi connectivity index (χ2v) is 5.10. The van der Waals surface area contributed by atoms with Gasteiger partial charge < -0.3 is 15.1 Å². The Hall–Kier alpha value is -1.75. The van der Waals surface area contributed by atoms with E-state index in [1.165, 1.54) is 0 Å². The first-order valence-corrected chi connectivity index (χ1v) is 6.76. The Balaban J connectivity index is 1.83. The maximum Gasteiger partial charge on any atom is 0.315 e. The van der Waals surface area contributed by atoms with Crippen LogP contribution in [0.4, 0.5) is 4.79 Å². The molecule has 1 unspecified atom stereocenters. The zero-order chi connectivity index (χ0) is 13.7. The standard InChI is InChI=1S/C14H15BrN2O2/c1-10(11-4-6-12(15)7-5-11)17-14(18)16-9-13-3-2-8-19-13/h2-8,10H,9H2,1H3,(H2,16,17,18). The van der Waals surface area contributed by atoms with E-state index >= 15 is 0 Å². The SMILES string of the molecule is CC(NC(=O)NCc1ccco1)c1ccc(Br)cc1. The number of hydrogen-bond donors (Lipinski definition) is 2. The van der Waals surface area contributed by atoms with Gasteiger partial charge in [-0.15, -0.1) is 0 Å². The smallest absolute Gasteiger partial charge is 0.315 e. The first-order chi connectivity index (χ1) is 9.15. The van der Waals surface area contributed by atoms with Crippen molar-refractivity contribution in [3.05, 3.63) is 58.5 Å². The van der Waals surface area contributed by atoms with Crippen LogP contribution in [0.5, 0.6) is 0 Å². The summed E-state index contributed by atoms with van der Waals surface area (Å²) in [5.74, 6) is 0.728. The van der Waals surface area contributed by atoms with Gasteiger partial charge in [-0.05, 0) is 36.8 Å². The number of nitrogens with one attached hydrogen (secondary N) is 2. The van der Waals surface area contributed by atoms with Crippen molar-refractivity contribution in [2.45, 2.75) is 19.5 Å². The third-order valence-electron chi connectivity index (χ3n) is 2.72. The molecule has 1 heterocycles. The summed E-state index contributed by atoms with van der Waals surface area (Å²) >= 11 is 3.38. The summed E-state index contributed by atoms with van der Waals surface area (Å²) in [5.41, 5.74) is 1.05. The van der Waals surface area contributed by atoms with Gasteiger partial charge in [-0.2, -0.15) is 0 Å². The van der Waals surface area contributed by atoms with Gasteiger partial charge in [0.25, 0.3) is 0 Å². The van der Waals surface area contributed by atoms with Crippen molar-refractivity contribution in [1.82, 2.24) is 10.6 Å². The molecule has 19 heavy (non-hydrogen) atoms. The van der Waals surface area contributed by atoms with E-state index in [2.05, 4.69) is 26.6 Å². The highest BCUT2D eigenvalue weighted by Gasteiger charge is 2.09. The molecule has 0 aliphatic heterocycles. The zero-order valence-corrected chi connectivity index (χ0v) is 12.1. The molecule has 0 saturated heterocycles. The van der Waals surface area contributed by atoms with Crippen molar-refractivity contribution < 1.29 is 9.21 Å². The van der Waals surface area contributed by atoms with E-state index in [0.29, 0.717) is 6.54 Å². The number of carbonyl (C=O) groups is 1. The average Bonchev–Trinajstić information content (AvgIpc) is 2.90. The third-order valence-corrected chi connectivity index (χ3v) is 3.25. The minimum absolute atomic E-state index is 0.0512. The quantitative estimate of drug-likeness (QED) is 0.903. The van der Waals surface area contributed by atoms with Crippen LogP contribution in [0.15, 0.2) is 51.6 Å². The summed E-state index contributed by atoms with van der Waals surface area (Å²) < 4.78 is 6.16. The largest absolute Gasteiger partial charge is 0.467 e. The highest BCUT2D eigenvalue weighted by molar-refractivity contribution is 9.10. The van der Waals surface area contributed by atoms with Crippen LogP contribution in [-0.4, -0.2) is 6.03 Å². The van der Waals surface area contributed by atoms with Crippen LogP contribution >= 0.6 is 15.9 Å². The monoisotopic (exact) mass is 322 g/mol. The summed E-state index contributed by atoms with van der Waals surface area (Å²) in [7, 11) is 0. The number of urea groups is 1. The Morgan fingerprint density at radius 1 is 1.32 bits per heavy atom. The summed E-state index contributed by atoms with van der Waals surface area (Å²) in [6.07, 6.45) is 1.58. The van der Waals surface area contributed by atoms with E-state index in [0.717, 1.165) is 15.8 Å². The van der Waals surface area contributed by atoms with Crippen LogP contribution < -0.4 is 10.6 Å². The van der Waals surface area contributed by atoms with Gasteiger partial charge >= 0.3 is 6.03 Å². The topological polar surface area (TPSA) is 54.3 Å². The first kappa shape index (κ1) is 13.7. The molecule has 0 bridgehead atoms. The van der Waals surface area contributed by atoms with Gasteiger partial charge in [0.15, 0.2) is 0 Å². The molecule has 2 aromatic rings. The molecule has 0 fully saturated rings. The Morgan fingerprint density at radius 2 is 2.05 bits per heavy atom. The second-order valence-electron chi connectivity index (χ2n) is 4.18. The average molecular weight is 323 g/mol. The van der Waals surface area contributed by atoms with Gasteiger partial charge in [-0.25, -0.2) is 4.79 Å². The summed E-state index contributed by atoms with van der Waals surface area (Å²) in [5, 5.41) is 5.62. The number of hydrogen-bond acceptors (Lipinski definition) is 2. The number of halogens is 1. The maximum atomic E-state index is 11.7. The lowest BCUT2D eigenvalue weighted by atomic mass is 10.1. The molecule has 1 aromatic carbocycles. The van der Waals surface area contributed by atoms with Crippen LogP contribution in [0.3, 0.4) is 0 Å². The Labute approximate surface area is 120 Å². The summed E-state index contributed by atoms with van der Waals surface area (Å²) in [6.45, 7) is 2.32. The molecule has 0 aliphatic rings. The van der Waals surface area contributed by atoms with Crippen LogP contribution in [0.1, 0.15) is 24.3 Å². The van der Waals surface area contributed by atoms with Crippen LogP contribution in [0, 0.1) is 0 Å². The van der Waals surface area contributed by atoms with E-state index < -0.39 is 0 Å². The molecule has 2 rings (SSSR count). The van der Waals surface area contributed by atoms with E-state index in [9.17, 15) is 4.79 Å². The molecular weight excluding hydrogens is 308 g/mol. The number of rotatable bonds is 4. The van der Waals surface area contributed by atoms with Crippen molar-refractivity contribution >= 4 is 22.0 Å². The summed E-state index contributed by atoms with van der Waals surface area (Å²) in [4.78, 5) is 11.7. The molecule has 0 saturated carbocycles. The van der Waals surface area contributed by atoms with Gasteiger partial charge in [0.05, 0.1) is 18.8 Å². The fourth-order valence-electron chi connectivity index (χ4n) is 1.66. The van der Waals surface area contributed by atoms with E-state index in [1.54, 1.807) is 12.3 Å². The van der Waals surface area contributed by atoms with Gasteiger partial charge in [-0.3, -0.25) is 0 Å². The van der Waals surface area contributed by atoms with Gasteiger partial charge in [-0.1, -0.05) is 28.1 Å². The van der Waals surface area contributed by atoms with E-state index in [1.807, 2.05) is 37.3 Å². The van der Waals surface area contributed by atoms with Crippen molar-refractivity contribution in [2.75, 3.05) is 0 Å². The zero-order valence-electron chi connectivity index (χ0n) is 10.5. The molecule has 0 spiro atoms. The second kappa shape index (κ2) is 6.43. The van der Waals surface area contributed by atoms with E-state index in [4.69, 9.17) is 4.42 Å². The van der Waals surface area contributed by atoms with Crippen molar-refractivity contribution in [3.63, 3.8) is 0 Å². The van der Waals surface area contributed by atoms with Gasteiger partial charge in [0.1, 0.15) is 5.76 Å². The van der Waals surface area contributed by atoms with Crippen LogP contribution in [0.2, 0.25) is 0 Å². The molecule has 0 aliphatic carbocycles. The summed E-state index contributed by atoms with van der Waals surface area (Å²) in [6, 6.07) is 11.2. The molecule has 100 valence electrons. The number of carbonyl (C=O) groups excluding carboxylic acids is 1. The molecule has 1 atom stereocenters. The van der Waals surface area contributed by atoms with Gasteiger partial charge in [0.2, 0.25) is 0 Å². The van der Waals surface area contributed by atoms with Crippen molar-refractivity contribution in [1.29, 1.82) is 0 Å². The highest BCUT2D eigenvalue weighted by atomic mass is 79.9. The molecule has 2 amide bonds. The predicted molar refractivity (Wildman–Crippen MR) is 76.6 cm³/mol. The lowest BCUT2D eigenvalue weighted by molar-refractivity contribution is 0.236. The number of furan rings is 1. The first-order valence-electron chi connectivity index (χ1n) is 5.97. The molecular formula is C14H15BrN2O2. The molecule has 1 aromatic heterocycles. The normalized spacial score (nSPS) is 11.9. The Bertz CT molecular complexity index is 523. The third kappa shape index (κ3) is 4.13. The number of amides is 2. The minimum Gasteiger partial charge on any atom is -0.467 e. The lowest BCUT2D eigenvalue weighted by Gasteiger charge is -2.14. The Kier molecular flexibility index (Phi) is 4.63. The highest BCUT2D eigenvalue weighted by Crippen LogP contribution is 2.16. The van der Waals surface area contributed by atoms with Crippen molar-refractivity contribution in [3.8, 4) is 0 Å². The van der Waals surface area contributed by atoms with Crippen LogP contribution in [-0.2, 0) is 6.54 Å². The molecule has 5 heteroatoms. The lowest BCUT2D eigenvalue weighted by Crippen LogP contribution is -2.36. The maximum absolute atomic E-state index is 11.7. The molecule has 4 nitrogen and oxygen atoms in total. The molecule has 0 radical (unpaired) electrons. The molecule has 2 N–H and O–H groups in total. The van der Waals surface area contributed by atoms with E-state index in [-0.39, 0.29) is 12.1 Å². The fraction of sp³-hybridized carbons (Fsp3) is 0.214. The van der Waals surface area contributed by atoms with Crippen molar-refractivity contribution in [2.24, 2.45) is 0 Å². The minimum atomic E-state index is -0.216. The Morgan fingerprint density at radius 3 is 2.68 bits per heavy atom. The predicted octanol–water partition coefficient (Wildman–Crippen LogP) is 3.60. The van der Waals surface area contributed by atoms with Gasteiger partial charge in [0, 0.05) is 4.47 Å². The number of benzene rings is 1. The van der Waals surface area contributed by atoms with Crippen LogP contribution in [0.25, 0.3) is 0 Å². The fourth-order valence-corrected chi connectivity index (χ4v) is 1.93.